The van der Waals surface area contributed by atoms with Gasteiger partial charge in [-0.25, -0.2) is 0 Å². The van der Waals surface area contributed by atoms with Gasteiger partial charge in [0, 0.05) is 12.6 Å². The van der Waals surface area contributed by atoms with Crippen molar-refractivity contribution in [3.63, 3.8) is 0 Å². The molecule has 0 aromatic rings. The molecule has 0 aliphatic heterocycles. The van der Waals surface area contributed by atoms with E-state index in [1.54, 1.807) is 0 Å². The highest BCUT2D eigenvalue weighted by molar-refractivity contribution is 4.75. The van der Waals surface area contributed by atoms with E-state index in [1.807, 2.05) is 6.92 Å². The van der Waals surface area contributed by atoms with Crippen molar-refractivity contribution in [1.29, 1.82) is 0 Å². The maximum absolute atomic E-state index is 6.10. The summed E-state index contributed by atoms with van der Waals surface area (Å²) in [5, 5.41) is 0. The highest BCUT2D eigenvalue weighted by Crippen LogP contribution is 2.22. The lowest BCUT2D eigenvalue weighted by Gasteiger charge is -2.26. The van der Waals surface area contributed by atoms with Crippen molar-refractivity contribution in [2.75, 3.05) is 6.61 Å². The fraction of sp³-hybridized carbons (Fsp3) is 1.00. The standard InChI is InChI=1S/C12H27NO/c1-6-11(14-7-2)10(13)8-9-12(3,4)5/h10-11H,6-9,13H2,1-5H3. The molecule has 2 unspecified atom stereocenters. The molecular formula is C12H27NO. The van der Waals surface area contributed by atoms with Gasteiger partial charge in [-0.15, -0.1) is 0 Å². The van der Waals surface area contributed by atoms with Crippen LogP contribution in [0.4, 0.5) is 0 Å². The molecule has 2 atom stereocenters. The molecule has 0 bridgehead atoms. The van der Waals surface area contributed by atoms with Gasteiger partial charge >= 0.3 is 0 Å². The molecule has 14 heavy (non-hydrogen) atoms. The SMILES string of the molecule is CCOC(CC)C(N)CCC(C)(C)C. The Balaban J connectivity index is 3.85. The minimum absolute atomic E-state index is 0.194. The van der Waals surface area contributed by atoms with Crippen LogP contribution in [0.15, 0.2) is 0 Å². The first-order valence-corrected chi connectivity index (χ1v) is 5.78. The van der Waals surface area contributed by atoms with E-state index in [-0.39, 0.29) is 12.1 Å². The number of rotatable bonds is 6. The highest BCUT2D eigenvalue weighted by Gasteiger charge is 2.19. The van der Waals surface area contributed by atoms with Gasteiger partial charge in [-0.2, -0.15) is 0 Å². The average Bonchev–Trinajstić information content (AvgIpc) is 2.09. The van der Waals surface area contributed by atoms with E-state index < -0.39 is 0 Å². The molecule has 2 nitrogen and oxygen atoms in total. The zero-order chi connectivity index (χ0) is 11.2. The Morgan fingerprint density at radius 2 is 1.79 bits per heavy atom. The molecule has 86 valence electrons. The summed E-state index contributed by atoms with van der Waals surface area (Å²) in [7, 11) is 0. The Labute approximate surface area is 89.2 Å². The zero-order valence-electron chi connectivity index (χ0n) is 10.5. The molecule has 0 aliphatic rings. The smallest absolute Gasteiger partial charge is 0.0723 e. The molecule has 0 rings (SSSR count). The lowest BCUT2D eigenvalue weighted by molar-refractivity contribution is 0.0372. The van der Waals surface area contributed by atoms with Crippen LogP contribution >= 0.6 is 0 Å². The van der Waals surface area contributed by atoms with Gasteiger partial charge in [0.1, 0.15) is 0 Å². The molecule has 0 spiro atoms. The summed E-state index contributed by atoms with van der Waals surface area (Å²) in [6.45, 7) is 11.7. The predicted octanol–water partition coefficient (Wildman–Crippen LogP) is 2.96. The quantitative estimate of drug-likeness (QED) is 0.717. The second-order valence-electron chi connectivity index (χ2n) is 5.17. The summed E-state index contributed by atoms with van der Waals surface area (Å²) >= 11 is 0. The summed E-state index contributed by atoms with van der Waals surface area (Å²) in [4.78, 5) is 0. The van der Waals surface area contributed by atoms with Crippen molar-refractivity contribution < 1.29 is 4.74 Å². The van der Waals surface area contributed by atoms with Crippen LogP contribution in [-0.2, 0) is 4.74 Å². The number of ether oxygens (including phenoxy) is 1. The Bertz CT molecular complexity index is 140. The summed E-state index contributed by atoms with van der Waals surface area (Å²) in [5.41, 5.74) is 6.47. The maximum atomic E-state index is 6.10. The van der Waals surface area contributed by atoms with E-state index in [2.05, 4.69) is 27.7 Å². The van der Waals surface area contributed by atoms with Crippen LogP contribution in [0.25, 0.3) is 0 Å². The number of hydrogen-bond donors (Lipinski definition) is 1. The lowest BCUT2D eigenvalue weighted by atomic mass is 9.87. The van der Waals surface area contributed by atoms with Crippen LogP contribution in [0.1, 0.15) is 53.9 Å². The molecular weight excluding hydrogens is 174 g/mol. The summed E-state index contributed by atoms with van der Waals surface area (Å²) < 4.78 is 5.59. The third-order valence-electron chi connectivity index (χ3n) is 2.49. The van der Waals surface area contributed by atoms with E-state index in [9.17, 15) is 0 Å². The van der Waals surface area contributed by atoms with Gasteiger partial charge < -0.3 is 10.5 Å². The highest BCUT2D eigenvalue weighted by atomic mass is 16.5. The maximum Gasteiger partial charge on any atom is 0.0723 e. The van der Waals surface area contributed by atoms with Crippen LogP contribution in [0.5, 0.6) is 0 Å². The van der Waals surface area contributed by atoms with E-state index in [0.29, 0.717) is 5.41 Å². The van der Waals surface area contributed by atoms with E-state index in [1.165, 1.54) is 0 Å². The molecule has 0 heterocycles. The zero-order valence-corrected chi connectivity index (χ0v) is 10.5. The molecule has 0 saturated carbocycles. The van der Waals surface area contributed by atoms with Gasteiger partial charge in [0.25, 0.3) is 0 Å². The van der Waals surface area contributed by atoms with Crippen molar-refractivity contribution in [2.24, 2.45) is 11.1 Å². The second-order valence-corrected chi connectivity index (χ2v) is 5.17. The van der Waals surface area contributed by atoms with Crippen LogP contribution in [0.2, 0.25) is 0 Å². The van der Waals surface area contributed by atoms with Crippen molar-refractivity contribution in [3.8, 4) is 0 Å². The topological polar surface area (TPSA) is 35.2 Å². The Morgan fingerprint density at radius 1 is 1.21 bits per heavy atom. The van der Waals surface area contributed by atoms with Gasteiger partial charge in [0.15, 0.2) is 0 Å². The summed E-state index contributed by atoms with van der Waals surface area (Å²) in [6, 6.07) is 0.194. The van der Waals surface area contributed by atoms with Crippen LogP contribution in [0, 0.1) is 5.41 Å². The van der Waals surface area contributed by atoms with Crippen LogP contribution in [0.3, 0.4) is 0 Å². The normalized spacial score (nSPS) is 16.7. The van der Waals surface area contributed by atoms with Crippen molar-refractivity contribution in [2.45, 2.75) is 66.0 Å². The van der Waals surface area contributed by atoms with Gasteiger partial charge in [-0.3, -0.25) is 0 Å². The minimum Gasteiger partial charge on any atom is -0.377 e. The Hall–Kier alpha value is -0.0800. The fourth-order valence-corrected chi connectivity index (χ4v) is 1.54. The molecule has 2 N–H and O–H groups in total. The first kappa shape index (κ1) is 13.9. The first-order valence-electron chi connectivity index (χ1n) is 5.78. The third kappa shape index (κ3) is 6.39. The number of hydrogen-bond acceptors (Lipinski definition) is 2. The van der Waals surface area contributed by atoms with E-state index in [4.69, 9.17) is 10.5 Å². The largest absolute Gasteiger partial charge is 0.377 e. The molecule has 0 radical (unpaired) electrons. The van der Waals surface area contributed by atoms with Crippen molar-refractivity contribution in [1.82, 2.24) is 0 Å². The minimum atomic E-state index is 0.194. The molecule has 0 aromatic heterocycles. The van der Waals surface area contributed by atoms with E-state index in [0.717, 1.165) is 25.9 Å². The van der Waals surface area contributed by atoms with Crippen LogP contribution in [-0.4, -0.2) is 18.8 Å². The van der Waals surface area contributed by atoms with E-state index >= 15 is 0 Å². The van der Waals surface area contributed by atoms with Gasteiger partial charge in [-0.1, -0.05) is 27.7 Å². The summed E-state index contributed by atoms with van der Waals surface area (Å²) in [6.07, 6.45) is 3.47. The molecule has 0 aromatic carbocycles. The molecule has 0 fully saturated rings. The van der Waals surface area contributed by atoms with Crippen molar-refractivity contribution >= 4 is 0 Å². The first-order chi connectivity index (χ1) is 6.40. The van der Waals surface area contributed by atoms with Crippen LogP contribution < -0.4 is 5.73 Å². The molecule has 0 saturated heterocycles. The average molecular weight is 201 g/mol. The second kappa shape index (κ2) is 6.41. The van der Waals surface area contributed by atoms with Gasteiger partial charge in [0.05, 0.1) is 6.10 Å². The molecule has 0 aliphatic carbocycles. The molecule has 2 heteroatoms. The number of nitrogens with two attached hydrogens (primary N) is 1. The molecule has 0 amide bonds. The Kier molecular flexibility index (Phi) is 6.38. The fourth-order valence-electron chi connectivity index (χ4n) is 1.54. The van der Waals surface area contributed by atoms with Gasteiger partial charge in [-0.05, 0) is 31.6 Å². The predicted molar refractivity (Wildman–Crippen MR) is 62.4 cm³/mol. The Morgan fingerprint density at radius 3 is 2.14 bits per heavy atom. The summed E-state index contributed by atoms with van der Waals surface area (Å²) in [5.74, 6) is 0. The van der Waals surface area contributed by atoms with Crippen molar-refractivity contribution in [3.05, 3.63) is 0 Å². The monoisotopic (exact) mass is 201 g/mol. The van der Waals surface area contributed by atoms with Gasteiger partial charge in [0.2, 0.25) is 0 Å². The lowest BCUT2D eigenvalue weighted by Crippen LogP contribution is -2.37. The third-order valence-corrected chi connectivity index (χ3v) is 2.49.